The minimum atomic E-state index is -0.471. The molecule has 6 nitrogen and oxygen atoms in total. The molecule has 0 heterocycles. The first kappa shape index (κ1) is 24.7. The van der Waals surface area contributed by atoms with Crippen molar-refractivity contribution in [2.75, 3.05) is 13.1 Å². The number of hydrogen-bond acceptors (Lipinski definition) is 5. The van der Waals surface area contributed by atoms with E-state index < -0.39 is 6.09 Å². The summed E-state index contributed by atoms with van der Waals surface area (Å²) >= 11 is 0. The third kappa shape index (κ3) is 4.74. The van der Waals surface area contributed by atoms with Crippen LogP contribution in [0.15, 0.2) is 5.16 Å². The number of nitrogens with zero attached hydrogens (tertiary/aromatic N) is 1. The summed E-state index contributed by atoms with van der Waals surface area (Å²) in [5.41, 5.74) is 1.56. The van der Waals surface area contributed by atoms with Crippen molar-refractivity contribution in [3.05, 3.63) is 0 Å². The van der Waals surface area contributed by atoms with Crippen LogP contribution in [0.1, 0.15) is 92.4 Å². The molecule has 33 heavy (non-hydrogen) atoms. The van der Waals surface area contributed by atoms with E-state index in [1.165, 1.54) is 32.1 Å². The van der Waals surface area contributed by atoms with E-state index in [1.54, 1.807) is 0 Å². The molecule has 4 rings (SSSR count). The highest BCUT2D eigenvalue weighted by Gasteiger charge is 2.60. The Morgan fingerprint density at radius 2 is 1.82 bits per heavy atom. The fourth-order valence-electron chi connectivity index (χ4n) is 8.47. The summed E-state index contributed by atoms with van der Waals surface area (Å²) < 4.78 is 0. The number of ketones is 1. The van der Waals surface area contributed by atoms with Crippen LogP contribution < -0.4 is 10.6 Å². The lowest BCUT2D eigenvalue weighted by molar-refractivity contribution is -0.138. The van der Waals surface area contributed by atoms with Gasteiger partial charge in [0.15, 0.2) is 0 Å². The normalized spacial score (nSPS) is 40.7. The van der Waals surface area contributed by atoms with Crippen molar-refractivity contribution in [2.45, 2.75) is 98.4 Å². The first-order valence-corrected chi connectivity index (χ1v) is 13.4. The van der Waals surface area contributed by atoms with Crippen LogP contribution in [0, 0.1) is 40.4 Å². The number of hydrogen-bond donors (Lipinski definition) is 2. The quantitative estimate of drug-likeness (QED) is 0.244. The molecule has 0 aromatic heterocycles. The van der Waals surface area contributed by atoms with Crippen LogP contribution in [-0.4, -0.2) is 36.7 Å². The van der Waals surface area contributed by atoms with E-state index in [0.717, 1.165) is 49.1 Å². The first-order valence-electron chi connectivity index (χ1n) is 13.4. The van der Waals surface area contributed by atoms with Gasteiger partial charge in [0.1, 0.15) is 5.78 Å². The summed E-state index contributed by atoms with van der Waals surface area (Å²) in [6.07, 6.45) is 9.63. The summed E-state index contributed by atoms with van der Waals surface area (Å²) in [6.45, 7) is 12.4. The fraction of sp³-hybridized carbons (Fsp3) is 0.889. The Labute approximate surface area is 200 Å². The lowest BCUT2D eigenvalue weighted by atomic mass is 9.44. The number of Topliss-reactive ketones (excluding diaryl/α,β-unsaturated/α-hetero) is 1. The lowest BCUT2D eigenvalue weighted by Gasteiger charge is -2.60. The Hall–Kier alpha value is -1.43. The van der Waals surface area contributed by atoms with Crippen LogP contribution in [0.25, 0.3) is 0 Å². The molecule has 7 atom stereocenters. The van der Waals surface area contributed by atoms with Crippen LogP contribution in [-0.2, 0) is 9.63 Å². The zero-order valence-corrected chi connectivity index (χ0v) is 21.4. The Kier molecular flexibility index (Phi) is 7.24. The van der Waals surface area contributed by atoms with Gasteiger partial charge in [0.05, 0.1) is 5.71 Å². The van der Waals surface area contributed by atoms with Gasteiger partial charge in [0, 0.05) is 37.9 Å². The molecule has 4 fully saturated rings. The third-order valence-electron chi connectivity index (χ3n) is 10.2. The van der Waals surface area contributed by atoms with Gasteiger partial charge >= 0.3 is 6.09 Å². The van der Waals surface area contributed by atoms with Gasteiger partial charge in [-0.25, -0.2) is 4.79 Å². The molecule has 0 bridgehead atoms. The molecule has 186 valence electrons. The van der Waals surface area contributed by atoms with Crippen molar-refractivity contribution in [1.29, 1.82) is 0 Å². The minimum absolute atomic E-state index is 0.240. The number of rotatable bonds is 6. The monoisotopic (exact) mass is 459 g/mol. The van der Waals surface area contributed by atoms with Crippen molar-refractivity contribution in [2.24, 2.45) is 45.6 Å². The standard InChI is InChI=1S/C27H45N3O3/c1-17(2)28-14-15-29-25(32)33-30-18(3)22-8-9-23-21-7-6-19-16-20(31)10-12-26(19,4)24(21)11-13-27(22,23)5/h17,19,21-24,28H,6-16H2,1-5H3,(H,29,32)/b30-18+/t19-,21-,22+,23-,24-,26-,27+/m0/s1. The number of carbonyl (C=O) groups excluding carboxylic acids is 2. The maximum absolute atomic E-state index is 12.1. The highest BCUT2D eigenvalue weighted by molar-refractivity contribution is 5.85. The molecular weight excluding hydrogens is 414 g/mol. The van der Waals surface area contributed by atoms with Gasteiger partial charge in [-0.2, -0.15) is 0 Å². The van der Waals surface area contributed by atoms with Gasteiger partial charge in [-0.15, -0.1) is 0 Å². The molecular formula is C27H45N3O3. The molecule has 0 aromatic carbocycles. The minimum Gasteiger partial charge on any atom is -0.318 e. The van der Waals surface area contributed by atoms with Crippen molar-refractivity contribution in [3.8, 4) is 0 Å². The van der Waals surface area contributed by atoms with Crippen molar-refractivity contribution in [1.82, 2.24) is 10.6 Å². The van der Waals surface area contributed by atoms with Crippen molar-refractivity contribution >= 4 is 17.6 Å². The van der Waals surface area contributed by atoms with Gasteiger partial charge in [0.2, 0.25) is 0 Å². The van der Waals surface area contributed by atoms with Crippen LogP contribution in [0.3, 0.4) is 0 Å². The average Bonchev–Trinajstić information content (AvgIpc) is 3.12. The lowest BCUT2D eigenvalue weighted by Crippen LogP contribution is -2.53. The summed E-state index contributed by atoms with van der Waals surface area (Å²) in [7, 11) is 0. The summed E-state index contributed by atoms with van der Waals surface area (Å²) in [6, 6.07) is 0.396. The largest absolute Gasteiger partial charge is 0.433 e. The van der Waals surface area contributed by atoms with E-state index >= 15 is 0 Å². The molecule has 2 N–H and O–H groups in total. The number of amides is 1. The van der Waals surface area contributed by atoms with Crippen LogP contribution in [0.2, 0.25) is 0 Å². The van der Waals surface area contributed by atoms with E-state index in [4.69, 9.17) is 4.84 Å². The first-order chi connectivity index (χ1) is 15.6. The molecule has 0 saturated heterocycles. The number of fused-ring (bicyclic) bond motifs is 5. The van der Waals surface area contributed by atoms with Gasteiger partial charge in [-0.1, -0.05) is 32.9 Å². The molecule has 1 amide bonds. The fourth-order valence-corrected chi connectivity index (χ4v) is 8.47. The Morgan fingerprint density at radius 3 is 2.58 bits per heavy atom. The molecule has 0 unspecified atom stereocenters. The maximum atomic E-state index is 12.1. The van der Waals surface area contributed by atoms with E-state index in [1.807, 2.05) is 6.92 Å². The Balaban J connectivity index is 1.38. The summed E-state index contributed by atoms with van der Waals surface area (Å²) in [4.78, 5) is 29.4. The second kappa shape index (κ2) is 9.67. The second-order valence-electron chi connectivity index (χ2n) is 12.2. The molecule has 0 aliphatic heterocycles. The molecule has 6 heteroatoms. The highest BCUT2D eigenvalue weighted by Crippen LogP contribution is 2.67. The predicted octanol–water partition coefficient (Wildman–Crippen LogP) is 5.31. The van der Waals surface area contributed by atoms with Crippen molar-refractivity contribution < 1.29 is 14.4 Å². The zero-order chi connectivity index (χ0) is 23.8. The smallest absolute Gasteiger partial charge is 0.318 e. The SMILES string of the molecule is C/C(=N\OC(=O)NCCNC(C)C)[C@H]1CC[C@H]2[C@@H]3CC[C@H]4CC(=O)CC[C@]4(C)[C@H]3CC[C@]12C. The molecule has 0 aromatic rings. The van der Waals surface area contributed by atoms with Gasteiger partial charge < -0.3 is 10.6 Å². The summed E-state index contributed by atoms with van der Waals surface area (Å²) in [5, 5.41) is 10.3. The van der Waals surface area contributed by atoms with Crippen LogP contribution >= 0.6 is 0 Å². The number of nitrogens with one attached hydrogen (secondary N) is 2. The summed E-state index contributed by atoms with van der Waals surface area (Å²) in [5.74, 6) is 3.74. The maximum Gasteiger partial charge on any atom is 0.433 e. The van der Waals surface area contributed by atoms with E-state index in [-0.39, 0.29) is 5.41 Å². The average molecular weight is 460 g/mol. The molecule has 4 aliphatic carbocycles. The molecule has 0 radical (unpaired) electrons. The molecule has 4 saturated carbocycles. The predicted molar refractivity (Wildman–Crippen MR) is 131 cm³/mol. The number of oxime groups is 1. The van der Waals surface area contributed by atoms with E-state index in [2.05, 4.69) is 43.5 Å². The second-order valence-corrected chi connectivity index (χ2v) is 12.2. The zero-order valence-electron chi connectivity index (χ0n) is 21.4. The highest BCUT2D eigenvalue weighted by atomic mass is 16.7. The molecule has 0 spiro atoms. The topological polar surface area (TPSA) is 79.8 Å². The molecule has 4 aliphatic rings. The Morgan fingerprint density at radius 1 is 1.06 bits per heavy atom. The van der Waals surface area contributed by atoms with Crippen LogP contribution in [0.5, 0.6) is 0 Å². The Bertz CT molecular complexity index is 781. The third-order valence-corrected chi connectivity index (χ3v) is 10.2. The van der Waals surface area contributed by atoms with Gasteiger partial charge in [-0.3, -0.25) is 9.63 Å². The van der Waals surface area contributed by atoms with E-state index in [0.29, 0.717) is 42.2 Å². The van der Waals surface area contributed by atoms with E-state index in [9.17, 15) is 9.59 Å². The van der Waals surface area contributed by atoms with Crippen molar-refractivity contribution in [3.63, 3.8) is 0 Å². The van der Waals surface area contributed by atoms with Gasteiger partial charge in [0.25, 0.3) is 0 Å². The van der Waals surface area contributed by atoms with Crippen LogP contribution in [0.4, 0.5) is 4.79 Å². The number of carbonyl (C=O) groups is 2. The van der Waals surface area contributed by atoms with Gasteiger partial charge in [-0.05, 0) is 86.4 Å².